The molecule has 0 aliphatic carbocycles. The number of rotatable bonds is 3. The largest absolute Gasteiger partial charge is 0.334 e. The molecule has 0 spiro atoms. The molecule has 6 heteroatoms. The molecule has 6 nitrogen and oxygen atoms in total. The monoisotopic (exact) mass is 289 g/mol. The molecule has 1 saturated heterocycles. The second-order valence-corrected chi connectivity index (χ2v) is 5.33. The fraction of sp³-hybridized carbons (Fsp3) is 0.400. The molecule has 1 aromatic carbocycles. The third-order valence-corrected chi connectivity index (χ3v) is 3.55. The summed E-state index contributed by atoms with van der Waals surface area (Å²) in [5.74, 6) is -0.0673. The van der Waals surface area contributed by atoms with E-state index in [-0.39, 0.29) is 23.7 Å². The van der Waals surface area contributed by atoms with Crippen LogP contribution in [0.1, 0.15) is 19.4 Å². The summed E-state index contributed by atoms with van der Waals surface area (Å²) < 4.78 is 0. The molecule has 21 heavy (non-hydrogen) atoms. The molecule has 0 radical (unpaired) electrons. The van der Waals surface area contributed by atoms with E-state index in [1.54, 1.807) is 18.2 Å². The molecule has 1 aliphatic rings. The number of nitro groups is 1. The van der Waals surface area contributed by atoms with E-state index < -0.39 is 4.92 Å². The summed E-state index contributed by atoms with van der Waals surface area (Å²) in [6.45, 7) is 5.48. The highest BCUT2D eigenvalue weighted by atomic mass is 16.6. The number of hydrogen-bond donors (Lipinski definition) is 1. The molecule has 1 aromatic rings. The van der Waals surface area contributed by atoms with Gasteiger partial charge in [-0.1, -0.05) is 12.1 Å². The topological polar surface area (TPSA) is 75.5 Å². The molecule has 2 unspecified atom stereocenters. The molecule has 1 N–H and O–H groups in total. The molecule has 0 bridgehead atoms. The minimum Gasteiger partial charge on any atom is -0.334 e. The maximum Gasteiger partial charge on any atom is 0.270 e. The zero-order chi connectivity index (χ0) is 15.4. The number of carbonyl (C=O) groups is 1. The Morgan fingerprint density at radius 1 is 1.48 bits per heavy atom. The zero-order valence-corrected chi connectivity index (χ0v) is 12.2. The first-order chi connectivity index (χ1) is 9.97. The van der Waals surface area contributed by atoms with Gasteiger partial charge in [0, 0.05) is 43.4 Å². The minimum absolute atomic E-state index is 0.0220. The van der Waals surface area contributed by atoms with Crippen LogP contribution in [0.4, 0.5) is 5.69 Å². The van der Waals surface area contributed by atoms with Gasteiger partial charge in [0.05, 0.1) is 4.92 Å². The minimum atomic E-state index is -0.445. The van der Waals surface area contributed by atoms with Crippen molar-refractivity contribution in [3.8, 4) is 0 Å². The molecule has 112 valence electrons. The smallest absolute Gasteiger partial charge is 0.270 e. The molecule has 1 aliphatic heterocycles. The lowest BCUT2D eigenvalue weighted by Crippen LogP contribution is -2.55. The number of amides is 1. The van der Waals surface area contributed by atoms with Crippen LogP contribution in [-0.2, 0) is 4.79 Å². The van der Waals surface area contributed by atoms with E-state index in [4.69, 9.17) is 0 Å². The normalized spacial score (nSPS) is 22.5. The average molecular weight is 289 g/mol. The van der Waals surface area contributed by atoms with Crippen molar-refractivity contribution in [1.29, 1.82) is 0 Å². The van der Waals surface area contributed by atoms with Crippen molar-refractivity contribution in [3.05, 3.63) is 46.0 Å². The molecule has 1 heterocycles. The Bertz CT molecular complexity index is 571. The van der Waals surface area contributed by atoms with Gasteiger partial charge in [0.15, 0.2) is 0 Å². The lowest BCUT2D eigenvalue weighted by molar-refractivity contribution is -0.384. The Labute approximate surface area is 123 Å². The second-order valence-electron chi connectivity index (χ2n) is 5.33. The van der Waals surface area contributed by atoms with E-state index in [2.05, 4.69) is 5.32 Å². The van der Waals surface area contributed by atoms with Crippen LogP contribution in [0, 0.1) is 10.1 Å². The molecular formula is C15H19N3O3. The van der Waals surface area contributed by atoms with Gasteiger partial charge in [-0.25, -0.2) is 0 Å². The first-order valence-electron chi connectivity index (χ1n) is 6.94. The number of carbonyl (C=O) groups excluding carboxylic acids is 1. The molecule has 1 fully saturated rings. The number of nitrogens with zero attached hydrogens (tertiary/aromatic N) is 2. The van der Waals surface area contributed by atoms with E-state index in [1.807, 2.05) is 18.7 Å². The molecule has 1 amide bonds. The van der Waals surface area contributed by atoms with E-state index in [0.717, 1.165) is 6.54 Å². The van der Waals surface area contributed by atoms with Crippen LogP contribution in [0.25, 0.3) is 6.08 Å². The number of hydrogen-bond acceptors (Lipinski definition) is 4. The standard InChI is InChI=1S/C15H19N3O3/c1-11-10-17(12(2)9-16-11)15(19)7-6-13-4-3-5-14(8-13)18(20)21/h3-8,11-12,16H,9-10H2,1-2H3. The zero-order valence-electron chi connectivity index (χ0n) is 12.2. The molecule has 0 aromatic heterocycles. The highest BCUT2D eigenvalue weighted by Crippen LogP contribution is 2.15. The van der Waals surface area contributed by atoms with Crippen molar-refractivity contribution in [2.24, 2.45) is 0 Å². The predicted octanol–water partition coefficient (Wildman–Crippen LogP) is 1.82. The highest BCUT2D eigenvalue weighted by molar-refractivity contribution is 5.92. The van der Waals surface area contributed by atoms with Crippen molar-refractivity contribution in [1.82, 2.24) is 10.2 Å². The fourth-order valence-corrected chi connectivity index (χ4v) is 2.33. The number of non-ortho nitro benzene ring substituents is 1. The van der Waals surface area contributed by atoms with Crippen molar-refractivity contribution in [2.45, 2.75) is 25.9 Å². The number of piperazine rings is 1. The molecular weight excluding hydrogens is 270 g/mol. The van der Waals surface area contributed by atoms with Gasteiger partial charge < -0.3 is 10.2 Å². The summed E-state index contributed by atoms with van der Waals surface area (Å²) in [4.78, 5) is 24.3. The van der Waals surface area contributed by atoms with Crippen molar-refractivity contribution in [3.63, 3.8) is 0 Å². The van der Waals surface area contributed by atoms with Crippen LogP contribution in [0.5, 0.6) is 0 Å². The third kappa shape index (κ3) is 3.88. The molecule has 2 atom stereocenters. The quantitative estimate of drug-likeness (QED) is 0.523. The summed E-state index contributed by atoms with van der Waals surface area (Å²) in [5, 5.41) is 14.0. The van der Waals surface area contributed by atoms with Gasteiger partial charge in [-0.3, -0.25) is 14.9 Å². The molecule has 0 saturated carbocycles. The van der Waals surface area contributed by atoms with Gasteiger partial charge in [-0.15, -0.1) is 0 Å². The van der Waals surface area contributed by atoms with E-state index in [1.165, 1.54) is 18.2 Å². The van der Waals surface area contributed by atoms with Crippen LogP contribution < -0.4 is 5.32 Å². The van der Waals surface area contributed by atoms with Crippen molar-refractivity contribution < 1.29 is 9.72 Å². The van der Waals surface area contributed by atoms with Gasteiger partial charge in [-0.2, -0.15) is 0 Å². The first-order valence-corrected chi connectivity index (χ1v) is 6.94. The first kappa shape index (κ1) is 15.2. The maximum absolute atomic E-state index is 12.2. The summed E-state index contributed by atoms with van der Waals surface area (Å²) in [5.41, 5.74) is 0.669. The van der Waals surface area contributed by atoms with Crippen molar-refractivity contribution >= 4 is 17.7 Å². The summed E-state index contributed by atoms with van der Waals surface area (Å²) >= 11 is 0. The lowest BCUT2D eigenvalue weighted by atomic mass is 10.1. The summed E-state index contributed by atoms with van der Waals surface area (Å²) in [6, 6.07) is 6.64. The molecule has 2 rings (SSSR count). The third-order valence-electron chi connectivity index (χ3n) is 3.55. The van der Waals surface area contributed by atoms with Gasteiger partial charge >= 0.3 is 0 Å². The Kier molecular flexibility index (Phi) is 4.70. The Balaban J connectivity index is 2.08. The van der Waals surface area contributed by atoms with Crippen LogP contribution in [-0.4, -0.2) is 40.9 Å². The van der Waals surface area contributed by atoms with Crippen LogP contribution in [0.2, 0.25) is 0 Å². The Morgan fingerprint density at radius 2 is 2.24 bits per heavy atom. The van der Waals surface area contributed by atoms with Crippen molar-refractivity contribution in [2.75, 3.05) is 13.1 Å². The average Bonchev–Trinajstić information content (AvgIpc) is 2.47. The van der Waals surface area contributed by atoms with E-state index in [0.29, 0.717) is 12.1 Å². The number of benzene rings is 1. The van der Waals surface area contributed by atoms with Gasteiger partial charge in [-0.05, 0) is 25.5 Å². The van der Waals surface area contributed by atoms with Crippen LogP contribution in [0.15, 0.2) is 30.3 Å². The van der Waals surface area contributed by atoms with Crippen LogP contribution in [0.3, 0.4) is 0 Å². The Morgan fingerprint density at radius 3 is 2.95 bits per heavy atom. The lowest BCUT2D eigenvalue weighted by Gasteiger charge is -2.36. The summed E-state index contributed by atoms with van der Waals surface area (Å²) in [6.07, 6.45) is 3.10. The SMILES string of the molecule is CC1CN(C(=O)C=Cc2cccc([N+](=O)[O-])c2)C(C)CN1. The number of nitro benzene ring substituents is 1. The maximum atomic E-state index is 12.2. The second kappa shape index (κ2) is 6.49. The van der Waals surface area contributed by atoms with Gasteiger partial charge in [0.1, 0.15) is 0 Å². The van der Waals surface area contributed by atoms with Gasteiger partial charge in [0.2, 0.25) is 5.91 Å². The highest BCUT2D eigenvalue weighted by Gasteiger charge is 2.24. The predicted molar refractivity (Wildman–Crippen MR) is 80.8 cm³/mol. The Hall–Kier alpha value is -2.21. The van der Waals surface area contributed by atoms with Crippen LogP contribution >= 0.6 is 0 Å². The van der Waals surface area contributed by atoms with E-state index >= 15 is 0 Å². The van der Waals surface area contributed by atoms with Gasteiger partial charge in [0.25, 0.3) is 5.69 Å². The van der Waals surface area contributed by atoms with E-state index in [9.17, 15) is 14.9 Å². The number of nitrogens with one attached hydrogen (secondary N) is 1. The summed E-state index contributed by atoms with van der Waals surface area (Å²) in [7, 11) is 0. The fourth-order valence-electron chi connectivity index (χ4n) is 2.33.